The van der Waals surface area contributed by atoms with E-state index in [0.29, 0.717) is 24.8 Å². The van der Waals surface area contributed by atoms with Crippen molar-refractivity contribution in [1.29, 1.82) is 0 Å². The maximum absolute atomic E-state index is 11.8. The number of hydrogen-bond acceptors (Lipinski definition) is 5. The van der Waals surface area contributed by atoms with Gasteiger partial charge in [0, 0.05) is 17.8 Å². The summed E-state index contributed by atoms with van der Waals surface area (Å²) < 4.78 is 6.47. The van der Waals surface area contributed by atoms with Crippen molar-refractivity contribution in [3.05, 3.63) is 32.6 Å². The summed E-state index contributed by atoms with van der Waals surface area (Å²) in [4.78, 5) is 47.0. The third kappa shape index (κ3) is 3.25. The molecule has 0 spiro atoms. The second-order valence-corrected chi connectivity index (χ2v) is 5.26. The van der Waals surface area contributed by atoms with E-state index in [2.05, 4.69) is 4.98 Å². The molecule has 0 unspecified atom stereocenters. The molecule has 0 radical (unpaired) electrons. The van der Waals surface area contributed by atoms with Gasteiger partial charge in [0.1, 0.15) is 0 Å². The first-order valence-corrected chi connectivity index (χ1v) is 6.72. The standard InChI is InChI=1S/C13H16N2O7/c1-6-5-15(13(21)14-10(6)16)7-2-3-8(4-7)22-9(11(17)18)12(19)20/h5,7-9H,2-4H2,1H3,(H,17,18)(H,19,20)(H,14,16,21)/t7-,8+/m0/s1. The van der Waals surface area contributed by atoms with E-state index in [1.807, 2.05) is 0 Å². The normalized spacial score (nSPS) is 21.2. The quantitative estimate of drug-likeness (QED) is 0.622. The molecule has 1 aliphatic carbocycles. The van der Waals surface area contributed by atoms with Crippen LogP contribution in [0.4, 0.5) is 0 Å². The molecule has 9 heteroatoms. The summed E-state index contributed by atoms with van der Waals surface area (Å²) in [6.07, 6.45) is 0.232. The van der Waals surface area contributed by atoms with Gasteiger partial charge in [-0.15, -0.1) is 0 Å². The predicted molar refractivity (Wildman–Crippen MR) is 72.9 cm³/mol. The summed E-state index contributed by atoms with van der Waals surface area (Å²) in [5.41, 5.74) is -0.615. The Hall–Kier alpha value is -2.42. The number of nitrogens with zero attached hydrogens (tertiary/aromatic N) is 1. The highest BCUT2D eigenvalue weighted by molar-refractivity contribution is 5.96. The third-order valence-corrected chi connectivity index (χ3v) is 3.67. The molecule has 1 aromatic heterocycles. The Morgan fingerprint density at radius 2 is 1.95 bits per heavy atom. The minimum Gasteiger partial charge on any atom is -0.479 e. The largest absolute Gasteiger partial charge is 0.479 e. The van der Waals surface area contributed by atoms with Crippen molar-refractivity contribution in [1.82, 2.24) is 9.55 Å². The Morgan fingerprint density at radius 1 is 1.32 bits per heavy atom. The fourth-order valence-corrected chi connectivity index (χ4v) is 2.57. The maximum atomic E-state index is 11.8. The van der Waals surface area contributed by atoms with Crippen LogP contribution >= 0.6 is 0 Å². The van der Waals surface area contributed by atoms with Crippen molar-refractivity contribution >= 4 is 11.9 Å². The Bertz CT molecular complexity index is 691. The number of aromatic nitrogens is 2. The number of ether oxygens (including phenoxy) is 1. The lowest BCUT2D eigenvalue weighted by atomic mass is 10.2. The van der Waals surface area contributed by atoms with Gasteiger partial charge in [-0.2, -0.15) is 0 Å². The number of aliphatic carboxylic acids is 2. The third-order valence-electron chi connectivity index (χ3n) is 3.67. The van der Waals surface area contributed by atoms with Crippen LogP contribution in [0.15, 0.2) is 15.8 Å². The van der Waals surface area contributed by atoms with Gasteiger partial charge in [0.15, 0.2) is 0 Å². The molecule has 0 saturated heterocycles. The molecule has 0 aromatic carbocycles. The van der Waals surface area contributed by atoms with Crippen molar-refractivity contribution in [3.63, 3.8) is 0 Å². The van der Waals surface area contributed by atoms with Gasteiger partial charge in [0.05, 0.1) is 6.10 Å². The fourth-order valence-electron chi connectivity index (χ4n) is 2.57. The van der Waals surface area contributed by atoms with Gasteiger partial charge in [0.25, 0.3) is 11.7 Å². The van der Waals surface area contributed by atoms with Crippen LogP contribution in [0, 0.1) is 6.92 Å². The second kappa shape index (κ2) is 6.14. The summed E-state index contributed by atoms with van der Waals surface area (Å²) in [6.45, 7) is 1.57. The van der Waals surface area contributed by atoms with E-state index in [1.165, 1.54) is 10.8 Å². The van der Waals surface area contributed by atoms with Gasteiger partial charge in [-0.3, -0.25) is 14.3 Å². The van der Waals surface area contributed by atoms with E-state index >= 15 is 0 Å². The first-order valence-electron chi connectivity index (χ1n) is 6.72. The highest BCUT2D eigenvalue weighted by Gasteiger charge is 2.34. The Labute approximate surface area is 124 Å². The van der Waals surface area contributed by atoms with Gasteiger partial charge < -0.3 is 14.9 Å². The number of carboxylic acids is 2. The van der Waals surface area contributed by atoms with E-state index in [-0.39, 0.29) is 6.04 Å². The topological polar surface area (TPSA) is 139 Å². The van der Waals surface area contributed by atoms with Gasteiger partial charge in [0.2, 0.25) is 0 Å². The van der Waals surface area contributed by atoms with Crippen LogP contribution in [0.5, 0.6) is 0 Å². The molecule has 1 saturated carbocycles. The van der Waals surface area contributed by atoms with Crippen LogP contribution in [0.2, 0.25) is 0 Å². The predicted octanol–water partition coefficient (Wildman–Crippen LogP) is -0.507. The average Bonchev–Trinajstić information content (AvgIpc) is 2.88. The first-order chi connectivity index (χ1) is 10.3. The summed E-state index contributed by atoms with van der Waals surface area (Å²) in [5, 5.41) is 17.6. The molecular weight excluding hydrogens is 296 g/mol. The number of hydrogen-bond donors (Lipinski definition) is 3. The van der Waals surface area contributed by atoms with Crippen LogP contribution in [0.25, 0.3) is 0 Å². The smallest absolute Gasteiger partial charge is 0.344 e. The molecule has 2 rings (SSSR count). The molecule has 3 N–H and O–H groups in total. The maximum Gasteiger partial charge on any atom is 0.344 e. The SMILES string of the molecule is Cc1cn([C@H]2CC[C@@H](OC(C(=O)O)C(=O)O)C2)c(=O)[nH]c1=O. The molecular formula is C13H16N2O7. The highest BCUT2D eigenvalue weighted by Crippen LogP contribution is 2.31. The molecule has 22 heavy (non-hydrogen) atoms. The molecule has 120 valence electrons. The van der Waals surface area contributed by atoms with Crippen LogP contribution in [0.1, 0.15) is 30.9 Å². The van der Waals surface area contributed by atoms with E-state index in [1.54, 1.807) is 6.92 Å². The molecule has 1 fully saturated rings. The average molecular weight is 312 g/mol. The lowest BCUT2D eigenvalue weighted by molar-refractivity contribution is -0.170. The molecule has 9 nitrogen and oxygen atoms in total. The first kappa shape index (κ1) is 16.0. The molecule has 0 aliphatic heterocycles. The van der Waals surface area contributed by atoms with Crippen LogP contribution in [0.3, 0.4) is 0 Å². The van der Waals surface area contributed by atoms with E-state index < -0.39 is 35.4 Å². The van der Waals surface area contributed by atoms with Gasteiger partial charge in [-0.25, -0.2) is 14.4 Å². The Morgan fingerprint density at radius 3 is 2.55 bits per heavy atom. The van der Waals surface area contributed by atoms with Crippen molar-refractivity contribution in [3.8, 4) is 0 Å². The molecule has 0 bridgehead atoms. The van der Waals surface area contributed by atoms with Crippen LogP contribution in [-0.2, 0) is 14.3 Å². The van der Waals surface area contributed by atoms with Crippen molar-refractivity contribution in [2.75, 3.05) is 0 Å². The lowest BCUT2D eigenvalue weighted by Crippen LogP contribution is -2.36. The van der Waals surface area contributed by atoms with E-state index in [9.17, 15) is 19.2 Å². The monoisotopic (exact) mass is 312 g/mol. The van der Waals surface area contributed by atoms with Gasteiger partial charge in [-0.1, -0.05) is 0 Å². The van der Waals surface area contributed by atoms with Gasteiger partial charge in [-0.05, 0) is 26.2 Å². The Balaban J connectivity index is 2.12. The fraction of sp³-hybridized carbons (Fsp3) is 0.538. The summed E-state index contributed by atoms with van der Waals surface area (Å²) in [5.74, 6) is -3.12. The summed E-state index contributed by atoms with van der Waals surface area (Å²) in [6, 6.07) is -0.267. The minimum absolute atomic E-state index is 0.267. The van der Waals surface area contributed by atoms with Gasteiger partial charge >= 0.3 is 17.6 Å². The second-order valence-electron chi connectivity index (χ2n) is 5.26. The lowest BCUT2D eigenvalue weighted by Gasteiger charge is -2.17. The van der Waals surface area contributed by atoms with Crippen molar-refractivity contribution in [2.45, 2.75) is 44.4 Å². The number of carbonyl (C=O) groups is 2. The number of rotatable bonds is 5. The molecule has 1 heterocycles. The molecule has 2 atom stereocenters. The van der Waals surface area contributed by atoms with E-state index in [4.69, 9.17) is 14.9 Å². The minimum atomic E-state index is -1.92. The number of nitrogens with one attached hydrogen (secondary N) is 1. The number of aromatic amines is 1. The van der Waals surface area contributed by atoms with Crippen molar-refractivity contribution < 1.29 is 24.5 Å². The summed E-state index contributed by atoms with van der Waals surface area (Å²) >= 11 is 0. The number of carboxylic acid groups (broad SMARTS) is 2. The Kier molecular flexibility index (Phi) is 4.45. The number of aryl methyl sites for hydroxylation is 1. The molecule has 0 amide bonds. The molecule has 1 aromatic rings. The van der Waals surface area contributed by atoms with E-state index in [0.717, 1.165) is 0 Å². The summed E-state index contributed by atoms with van der Waals surface area (Å²) in [7, 11) is 0. The van der Waals surface area contributed by atoms with Crippen LogP contribution < -0.4 is 11.2 Å². The highest BCUT2D eigenvalue weighted by atomic mass is 16.5. The zero-order valence-electron chi connectivity index (χ0n) is 11.8. The molecule has 1 aliphatic rings. The number of H-pyrrole nitrogens is 1. The van der Waals surface area contributed by atoms with Crippen LogP contribution in [-0.4, -0.2) is 43.9 Å². The van der Waals surface area contributed by atoms with Crippen molar-refractivity contribution in [2.24, 2.45) is 0 Å². The zero-order chi connectivity index (χ0) is 16.4. The zero-order valence-corrected chi connectivity index (χ0v) is 11.8.